The fourth-order valence-corrected chi connectivity index (χ4v) is 2.65. The van der Waals surface area contributed by atoms with Crippen molar-refractivity contribution in [3.63, 3.8) is 0 Å². The van der Waals surface area contributed by atoms with Gasteiger partial charge in [0.05, 0.1) is 0 Å². The van der Waals surface area contributed by atoms with Gasteiger partial charge in [0.2, 0.25) is 0 Å². The molecule has 1 rings (SSSR count). The summed E-state index contributed by atoms with van der Waals surface area (Å²) in [7, 11) is 0. The molecule has 0 fully saturated rings. The number of hydrogen-bond donors (Lipinski definition) is 0. The Kier molecular flexibility index (Phi) is 7.46. The molecular weight excluding hydrogens is 260 g/mol. The standard InChI is InChI=1S/C19H26S/c1-15-10-11-16(2)14-18(4)17(3)8-6-7-9-19(5)20-13-12-15/h6-12,16H,4,13-14H2,1-3,5H3/b7-6-,11-10-,15-12-,17-8+,19-9+. The zero-order valence-electron chi connectivity index (χ0n) is 13.1. The van der Waals surface area contributed by atoms with Crippen LogP contribution in [0.4, 0.5) is 0 Å². The smallest absolute Gasteiger partial charge is 0.0163 e. The van der Waals surface area contributed by atoms with E-state index >= 15 is 0 Å². The first kappa shape index (κ1) is 16.8. The Balaban J connectivity index is 2.93. The lowest BCUT2D eigenvalue weighted by Gasteiger charge is -2.09. The van der Waals surface area contributed by atoms with Crippen molar-refractivity contribution >= 4 is 11.8 Å². The van der Waals surface area contributed by atoms with Crippen molar-refractivity contribution in [2.45, 2.75) is 34.1 Å². The maximum Gasteiger partial charge on any atom is 0.0163 e. The summed E-state index contributed by atoms with van der Waals surface area (Å²) in [5, 5.41) is 0. The second-order valence-electron chi connectivity index (χ2n) is 5.42. The van der Waals surface area contributed by atoms with Crippen LogP contribution in [0.5, 0.6) is 0 Å². The Morgan fingerprint density at radius 1 is 1.15 bits per heavy atom. The summed E-state index contributed by atoms with van der Waals surface area (Å²) < 4.78 is 0. The molecule has 0 amide bonds. The number of thioether (sulfide) groups is 1. The monoisotopic (exact) mass is 286 g/mol. The van der Waals surface area contributed by atoms with Crippen molar-refractivity contribution in [1.29, 1.82) is 0 Å². The molecule has 0 nitrogen and oxygen atoms in total. The molecule has 0 radical (unpaired) electrons. The molecule has 0 N–H and O–H groups in total. The van der Waals surface area contributed by atoms with E-state index in [1.807, 2.05) is 11.8 Å². The van der Waals surface area contributed by atoms with E-state index < -0.39 is 0 Å². The maximum absolute atomic E-state index is 4.20. The fourth-order valence-electron chi connectivity index (χ4n) is 1.86. The third-order valence-corrected chi connectivity index (χ3v) is 4.24. The third kappa shape index (κ3) is 6.81. The van der Waals surface area contributed by atoms with E-state index in [1.165, 1.54) is 21.6 Å². The lowest BCUT2D eigenvalue weighted by Crippen LogP contribution is -1.94. The Hall–Kier alpha value is -1.21. The van der Waals surface area contributed by atoms with Crippen LogP contribution in [0.15, 0.2) is 70.7 Å². The molecule has 1 unspecified atom stereocenters. The predicted molar refractivity (Wildman–Crippen MR) is 94.9 cm³/mol. The van der Waals surface area contributed by atoms with E-state index in [0.29, 0.717) is 5.92 Å². The second-order valence-corrected chi connectivity index (χ2v) is 6.68. The van der Waals surface area contributed by atoms with Crippen molar-refractivity contribution < 1.29 is 0 Å². The zero-order chi connectivity index (χ0) is 15.0. The first-order valence-electron chi connectivity index (χ1n) is 7.17. The van der Waals surface area contributed by atoms with Gasteiger partial charge in [-0.2, -0.15) is 0 Å². The van der Waals surface area contributed by atoms with Crippen LogP contribution in [-0.2, 0) is 0 Å². The predicted octanol–water partition coefficient (Wildman–Crippen LogP) is 6.22. The van der Waals surface area contributed by atoms with Gasteiger partial charge in [0.1, 0.15) is 0 Å². The SMILES string of the molecule is C=C1CC(C)/C=C\C(C)=C/CS/C(C)=C/C=C\C=C\1C. The summed E-state index contributed by atoms with van der Waals surface area (Å²) in [6, 6.07) is 0. The van der Waals surface area contributed by atoms with Crippen molar-refractivity contribution in [3.8, 4) is 0 Å². The number of rotatable bonds is 0. The van der Waals surface area contributed by atoms with Gasteiger partial charge in [-0.15, -0.1) is 11.8 Å². The van der Waals surface area contributed by atoms with Gasteiger partial charge in [0.25, 0.3) is 0 Å². The molecule has 1 aliphatic heterocycles. The lowest BCUT2D eigenvalue weighted by atomic mass is 9.96. The number of allylic oxidation sites excluding steroid dienone is 10. The van der Waals surface area contributed by atoms with E-state index in [9.17, 15) is 0 Å². The van der Waals surface area contributed by atoms with Crippen LogP contribution >= 0.6 is 11.8 Å². The first-order valence-corrected chi connectivity index (χ1v) is 8.15. The van der Waals surface area contributed by atoms with Crippen molar-refractivity contribution in [3.05, 3.63) is 70.7 Å². The minimum atomic E-state index is 0.524. The minimum Gasteiger partial charge on any atom is -0.127 e. The molecule has 1 atom stereocenters. The van der Waals surface area contributed by atoms with Gasteiger partial charge >= 0.3 is 0 Å². The number of hydrogen-bond acceptors (Lipinski definition) is 1. The minimum absolute atomic E-state index is 0.524. The Morgan fingerprint density at radius 3 is 2.60 bits per heavy atom. The van der Waals surface area contributed by atoms with E-state index in [4.69, 9.17) is 0 Å². The molecule has 0 saturated carbocycles. The van der Waals surface area contributed by atoms with Gasteiger partial charge in [-0.1, -0.05) is 67.2 Å². The zero-order valence-corrected chi connectivity index (χ0v) is 14.0. The van der Waals surface area contributed by atoms with Crippen LogP contribution in [0.1, 0.15) is 34.1 Å². The second kappa shape index (κ2) is 8.86. The van der Waals surface area contributed by atoms with E-state index in [2.05, 4.69) is 76.8 Å². The highest BCUT2D eigenvalue weighted by Gasteiger charge is 2.02. The van der Waals surface area contributed by atoms with Gasteiger partial charge < -0.3 is 0 Å². The van der Waals surface area contributed by atoms with Crippen molar-refractivity contribution in [1.82, 2.24) is 0 Å². The van der Waals surface area contributed by atoms with Crippen molar-refractivity contribution in [2.24, 2.45) is 5.92 Å². The molecule has 0 spiro atoms. The quantitative estimate of drug-likeness (QED) is 0.509. The Morgan fingerprint density at radius 2 is 1.85 bits per heavy atom. The van der Waals surface area contributed by atoms with Gasteiger partial charge in [0, 0.05) is 5.75 Å². The molecule has 1 heterocycles. The molecular formula is C19H26S. The van der Waals surface area contributed by atoms with E-state index in [-0.39, 0.29) is 0 Å². The van der Waals surface area contributed by atoms with Crippen LogP contribution in [-0.4, -0.2) is 5.75 Å². The summed E-state index contributed by atoms with van der Waals surface area (Å²) in [4.78, 5) is 1.34. The topological polar surface area (TPSA) is 0 Å². The normalized spacial score (nSPS) is 33.5. The van der Waals surface area contributed by atoms with Gasteiger partial charge in [-0.25, -0.2) is 0 Å². The first-order chi connectivity index (χ1) is 9.49. The highest BCUT2D eigenvalue weighted by molar-refractivity contribution is 8.03. The lowest BCUT2D eigenvalue weighted by molar-refractivity contribution is 0.722. The van der Waals surface area contributed by atoms with Crippen LogP contribution in [0.3, 0.4) is 0 Å². The van der Waals surface area contributed by atoms with Crippen LogP contribution in [0.2, 0.25) is 0 Å². The highest BCUT2D eigenvalue weighted by Crippen LogP contribution is 2.20. The summed E-state index contributed by atoms with van der Waals surface area (Å²) in [6.45, 7) is 12.9. The van der Waals surface area contributed by atoms with Crippen LogP contribution < -0.4 is 0 Å². The largest absolute Gasteiger partial charge is 0.127 e. The highest BCUT2D eigenvalue weighted by atomic mass is 32.2. The summed E-state index contributed by atoms with van der Waals surface area (Å²) >= 11 is 1.88. The molecule has 0 bridgehead atoms. The van der Waals surface area contributed by atoms with Gasteiger partial charge in [0.15, 0.2) is 0 Å². The van der Waals surface area contributed by atoms with Crippen molar-refractivity contribution in [2.75, 3.05) is 5.75 Å². The van der Waals surface area contributed by atoms with Gasteiger partial charge in [-0.3, -0.25) is 0 Å². The third-order valence-electron chi connectivity index (χ3n) is 3.32. The Labute approximate surface area is 128 Å². The molecule has 0 aliphatic carbocycles. The van der Waals surface area contributed by atoms with Crippen LogP contribution in [0, 0.1) is 5.92 Å². The van der Waals surface area contributed by atoms with E-state index in [1.54, 1.807) is 0 Å². The molecule has 0 aromatic rings. The van der Waals surface area contributed by atoms with E-state index in [0.717, 1.165) is 12.2 Å². The molecule has 0 aromatic heterocycles. The molecule has 108 valence electrons. The molecule has 0 saturated heterocycles. The summed E-state index contributed by atoms with van der Waals surface area (Å²) in [5.74, 6) is 1.55. The molecule has 0 aromatic carbocycles. The summed E-state index contributed by atoms with van der Waals surface area (Å²) in [5.41, 5.74) is 3.82. The molecule has 20 heavy (non-hydrogen) atoms. The maximum atomic E-state index is 4.20. The molecule has 1 aliphatic rings. The average molecular weight is 286 g/mol. The van der Waals surface area contributed by atoms with Gasteiger partial charge in [-0.05, 0) is 43.6 Å². The average Bonchev–Trinajstić information content (AvgIpc) is 2.40. The summed E-state index contributed by atoms with van der Waals surface area (Å²) in [6.07, 6.45) is 16.3. The van der Waals surface area contributed by atoms with Crippen LogP contribution in [0.25, 0.3) is 0 Å². The molecule has 1 heteroatoms. The fraction of sp³-hybridized carbons (Fsp3) is 0.368. The Bertz CT molecular complexity index is 484.